The van der Waals surface area contributed by atoms with Gasteiger partial charge in [-0.25, -0.2) is 0 Å². The number of hydrogen-bond donors (Lipinski definition) is 1. The van der Waals surface area contributed by atoms with Crippen LogP contribution >= 0.6 is 0 Å². The fourth-order valence-electron chi connectivity index (χ4n) is 3.64. The van der Waals surface area contributed by atoms with Crippen molar-refractivity contribution in [2.75, 3.05) is 0 Å². The lowest BCUT2D eigenvalue weighted by Gasteiger charge is -2.18. The maximum absolute atomic E-state index is 13.0. The molecule has 31 heavy (non-hydrogen) atoms. The second kappa shape index (κ2) is 8.25. The molecule has 3 rings (SSSR count). The first-order chi connectivity index (χ1) is 14.6. The lowest BCUT2D eigenvalue weighted by Crippen LogP contribution is -2.21. The van der Waals surface area contributed by atoms with Crippen LogP contribution in [-0.2, 0) is 6.54 Å². The van der Waals surface area contributed by atoms with Crippen LogP contribution in [-0.4, -0.2) is 20.8 Å². The van der Waals surface area contributed by atoms with Crippen LogP contribution < -0.4 is 0 Å². The fraction of sp³-hybridized carbons (Fsp3) is 0.261. The average molecular weight is 424 g/mol. The van der Waals surface area contributed by atoms with Crippen molar-refractivity contribution < 1.29 is 18.3 Å². The molecule has 1 aromatic carbocycles. The largest absolute Gasteiger partial charge is 0.418 e. The SMILES string of the molecule is Cc1ncc(Cn2c(C)c(C#N)c(-c3ccc(C#N)cc3)c2C)cc1C(O)C(F)(F)F. The third kappa shape index (κ3) is 4.16. The Morgan fingerprint density at radius 1 is 1.06 bits per heavy atom. The molecule has 0 amide bonds. The molecule has 158 valence electrons. The zero-order valence-corrected chi connectivity index (χ0v) is 17.1. The van der Waals surface area contributed by atoms with Crippen molar-refractivity contribution >= 4 is 0 Å². The lowest BCUT2D eigenvalue weighted by molar-refractivity contribution is -0.207. The molecule has 0 aliphatic carbocycles. The second-order valence-corrected chi connectivity index (χ2v) is 7.27. The highest BCUT2D eigenvalue weighted by Gasteiger charge is 2.40. The third-order valence-corrected chi connectivity index (χ3v) is 5.33. The van der Waals surface area contributed by atoms with Crippen LogP contribution in [0.15, 0.2) is 36.5 Å². The summed E-state index contributed by atoms with van der Waals surface area (Å²) in [7, 11) is 0. The highest BCUT2D eigenvalue weighted by atomic mass is 19.4. The van der Waals surface area contributed by atoms with Crippen LogP contribution in [0.3, 0.4) is 0 Å². The van der Waals surface area contributed by atoms with Crippen molar-refractivity contribution in [3.05, 3.63) is 75.9 Å². The molecule has 3 aromatic rings. The van der Waals surface area contributed by atoms with Crippen molar-refractivity contribution in [2.45, 2.75) is 39.6 Å². The van der Waals surface area contributed by atoms with E-state index in [0.29, 0.717) is 27.9 Å². The molecule has 0 aliphatic rings. The zero-order chi connectivity index (χ0) is 22.9. The summed E-state index contributed by atoms with van der Waals surface area (Å²) in [5.41, 5.74) is 4.14. The topological polar surface area (TPSA) is 85.6 Å². The van der Waals surface area contributed by atoms with Crippen molar-refractivity contribution in [2.24, 2.45) is 0 Å². The number of aliphatic hydroxyl groups excluding tert-OH is 1. The van der Waals surface area contributed by atoms with Crippen LogP contribution in [0.4, 0.5) is 13.2 Å². The fourth-order valence-corrected chi connectivity index (χ4v) is 3.64. The Balaban J connectivity index is 2.06. The summed E-state index contributed by atoms with van der Waals surface area (Å²) in [6.45, 7) is 5.20. The molecule has 2 aromatic heterocycles. The van der Waals surface area contributed by atoms with E-state index in [4.69, 9.17) is 5.26 Å². The number of pyridine rings is 1. The number of halogens is 3. The second-order valence-electron chi connectivity index (χ2n) is 7.27. The standard InChI is InChI=1S/C23H19F3N4O/c1-13-19(22(31)23(24,25)26)8-17(11-29-13)12-30-14(2)20(10-28)21(15(30)3)18-6-4-16(9-27)5-7-18/h4-8,11,22,31H,12H2,1-3H3. The molecule has 1 N–H and O–H groups in total. The highest BCUT2D eigenvalue weighted by molar-refractivity contribution is 5.75. The molecule has 0 aliphatic heterocycles. The molecule has 0 fully saturated rings. The van der Waals surface area contributed by atoms with Gasteiger partial charge in [-0.05, 0) is 50.1 Å². The molecular weight excluding hydrogens is 405 g/mol. The molecular formula is C23H19F3N4O. The molecule has 2 heterocycles. The van der Waals surface area contributed by atoms with E-state index in [-0.39, 0.29) is 17.8 Å². The molecule has 1 unspecified atom stereocenters. The van der Waals surface area contributed by atoms with E-state index in [2.05, 4.69) is 11.1 Å². The quantitative estimate of drug-likeness (QED) is 0.648. The lowest BCUT2D eigenvalue weighted by atomic mass is 10.0. The van der Waals surface area contributed by atoms with Gasteiger partial charge in [-0.2, -0.15) is 23.7 Å². The first kappa shape index (κ1) is 22.1. The van der Waals surface area contributed by atoms with E-state index in [9.17, 15) is 23.5 Å². The average Bonchev–Trinajstić information content (AvgIpc) is 2.97. The minimum absolute atomic E-state index is 0.102. The summed E-state index contributed by atoms with van der Waals surface area (Å²) < 4.78 is 40.9. The molecule has 0 radical (unpaired) electrons. The minimum Gasteiger partial charge on any atom is -0.379 e. The third-order valence-electron chi connectivity index (χ3n) is 5.33. The first-order valence-electron chi connectivity index (χ1n) is 9.39. The molecule has 0 spiro atoms. The smallest absolute Gasteiger partial charge is 0.379 e. The van der Waals surface area contributed by atoms with Crippen molar-refractivity contribution in [1.82, 2.24) is 9.55 Å². The number of alkyl halides is 3. The van der Waals surface area contributed by atoms with Crippen LogP contribution in [0.25, 0.3) is 11.1 Å². The number of aryl methyl sites for hydroxylation is 1. The van der Waals surface area contributed by atoms with Gasteiger partial charge in [-0.3, -0.25) is 4.98 Å². The molecule has 1 atom stereocenters. The Hall–Kier alpha value is -3.62. The molecule has 8 heteroatoms. The number of aliphatic hydroxyl groups is 1. The van der Waals surface area contributed by atoms with E-state index in [1.807, 2.05) is 17.6 Å². The number of nitriles is 2. The molecule has 0 saturated heterocycles. The summed E-state index contributed by atoms with van der Waals surface area (Å²) in [6.07, 6.45) is -5.94. The van der Waals surface area contributed by atoms with Gasteiger partial charge in [0.2, 0.25) is 0 Å². The number of rotatable bonds is 4. The molecule has 0 bridgehead atoms. The molecule has 5 nitrogen and oxygen atoms in total. The number of aromatic nitrogens is 2. The number of hydrogen-bond acceptors (Lipinski definition) is 4. The van der Waals surface area contributed by atoms with Crippen molar-refractivity contribution in [3.63, 3.8) is 0 Å². The Bertz CT molecular complexity index is 1210. The van der Waals surface area contributed by atoms with Gasteiger partial charge in [0.25, 0.3) is 0 Å². The van der Waals surface area contributed by atoms with E-state index in [0.717, 1.165) is 11.3 Å². The van der Waals surface area contributed by atoms with Gasteiger partial charge in [0.05, 0.1) is 17.2 Å². The normalized spacial score (nSPS) is 12.3. The Morgan fingerprint density at radius 3 is 2.26 bits per heavy atom. The van der Waals surface area contributed by atoms with Crippen LogP contribution in [0.5, 0.6) is 0 Å². The summed E-state index contributed by atoms with van der Waals surface area (Å²) >= 11 is 0. The number of benzene rings is 1. The maximum Gasteiger partial charge on any atom is 0.418 e. The van der Waals surface area contributed by atoms with E-state index in [1.54, 1.807) is 31.2 Å². The van der Waals surface area contributed by atoms with Gasteiger partial charge in [0.1, 0.15) is 6.07 Å². The summed E-state index contributed by atoms with van der Waals surface area (Å²) in [4.78, 5) is 4.03. The van der Waals surface area contributed by atoms with Crippen LogP contribution in [0.1, 0.15) is 45.4 Å². The van der Waals surface area contributed by atoms with Gasteiger partial charge in [-0.15, -0.1) is 0 Å². The van der Waals surface area contributed by atoms with Crippen molar-refractivity contribution in [3.8, 4) is 23.3 Å². The zero-order valence-electron chi connectivity index (χ0n) is 17.1. The van der Waals surface area contributed by atoms with Crippen molar-refractivity contribution in [1.29, 1.82) is 10.5 Å². The predicted molar refractivity (Wildman–Crippen MR) is 108 cm³/mol. The Kier molecular flexibility index (Phi) is 5.88. The Labute approximate surface area is 177 Å². The van der Waals surface area contributed by atoms with Gasteiger partial charge in [-0.1, -0.05) is 12.1 Å². The Morgan fingerprint density at radius 2 is 1.71 bits per heavy atom. The summed E-state index contributed by atoms with van der Waals surface area (Å²) in [6, 6.07) is 12.4. The van der Waals surface area contributed by atoms with Gasteiger partial charge < -0.3 is 9.67 Å². The van der Waals surface area contributed by atoms with E-state index in [1.165, 1.54) is 19.2 Å². The summed E-state index contributed by atoms with van der Waals surface area (Å²) in [5, 5.41) is 28.4. The van der Waals surface area contributed by atoms with Gasteiger partial charge >= 0.3 is 6.18 Å². The molecule has 0 saturated carbocycles. The van der Waals surface area contributed by atoms with Gasteiger partial charge in [0, 0.05) is 41.0 Å². The minimum atomic E-state index is -4.79. The predicted octanol–water partition coefficient (Wildman–Crippen LogP) is 4.86. The highest BCUT2D eigenvalue weighted by Crippen LogP contribution is 2.35. The monoisotopic (exact) mass is 424 g/mol. The van der Waals surface area contributed by atoms with Crippen LogP contribution in [0.2, 0.25) is 0 Å². The van der Waals surface area contributed by atoms with E-state index < -0.39 is 12.3 Å². The summed E-state index contributed by atoms with van der Waals surface area (Å²) in [5.74, 6) is 0. The van der Waals surface area contributed by atoms with E-state index >= 15 is 0 Å². The number of nitrogens with zero attached hydrogens (tertiary/aromatic N) is 4. The van der Waals surface area contributed by atoms with Gasteiger partial charge in [0.15, 0.2) is 6.10 Å². The first-order valence-corrected chi connectivity index (χ1v) is 9.39. The maximum atomic E-state index is 13.0. The van der Waals surface area contributed by atoms with Crippen LogP contribution in [0, 0.1) is 43.4 Å².